The van der Waals surface area contributed by atoms with Crippen LogP contribution >= 0.6 is 0 Å². The minimum Gasteiger partial charge on any atom is -0.478 e. The van der Waals surface area contributed by atoms with Gasteiger partial charge in [0, 0.05) is 12.4 Å². The van der Waals surface area contributed by atoms with Crippen LogP contribution in [0.4, 0.5) is 0 Å². The normalized spacial score (nSPS) is 13.8. The van der Waals surface area contributed by atoms with Gasteiger partial charge in [-0.05, 0) is 24.0 Å². The molecule has 3 heteroatoms. The Morgan fingerprint density at radius 3 is 3.08 bits per heavy atom. The molecule has 0 unspecified atom stereocenters. The fourth-order valence-corrected chi connectivity index (χ4v) is 1.55. The SMILES string of the molecule is O=C(O)c1cncc2c1CCC=C2. The highest BCUT2D eigenvalue weighted by molar-refractivity contribution is 5.90. The standard InChI is InChI=1S/C10H9NO2/c12-10(13)9-6-11-5-7-3-1-2-4-8(7)9/h1,3,5-6H,2,4H2,(H,12,13). The second kappa shape index (κ2) is 3.01. The molecule has 0 aliphatic heterocycles. The van der Waals surface area contributed by atoms with Crippen LogP contribution in [-0.4, -0.2) is 16.1 Å². The molecule has 0 amide bonds. The Kier molecular flexibility index (Phi) is 1.85. The summed E-state index contributed by atoms with van der Waals surface area (Å²) in [5, 5.41) is 8.88. The van der Waals surface area contributed by atoms with Gasteiger partial charge in [-0.1, -0.05) is 12.2 Å². The van der Waals surface area contributed by atoms with Crippen molar-refractivity contribution < 1.29 is 9.90 Å². The number of hydrogen-bond donors (Lipinski definition) is 1. The number of carbonyl (C=O) groups is 1. The molecule has 3 nitrogen and oxygen atoms in total. The number of aromatic carboxylic acids is 1. The lowest BCUT2D eigenvalue weighted by Gasteiger charge is -2.11. The second-order valence-electron chi connectivity index (χ2n) is 3.00. The van der Waals surface area contributed by atoms with Gasteiger partial charge in [-0.15, -0.1) is 0 Å². The van der Waals surface area contributed by atoms with Crippen molar-refractivity contribution in [3.05, 3.63) is 35.2 Å². The van der Waals surface area contributed by atoms with Crippen molar-refractivity contribution in [3.63, 3.8) is 0 Å². The Balaban J connectivity index is 2.59. The molecule has 0 spiro atoms. The molecule has 0 radical (unpaired) electrons. The number of fused-ring (bicyclic) bond motifs is 1. The molecule has 0 saturated heterocycles. The molecule has 1 aliphatic carbocycles. The first-order valence-electron chi connectivity index (χ1n) is 4.16. The van der Waals surface area contributed by atoms with E-state index in [2.05, 4.69) is 4.98 Å². The van der Waals surface area contributed by atoms with Crippen molar-refractivity contribution in [2.45, 2.75) is 12.8 Å². The molecule has 0 fully saturated rings. The van der Waals surface area contributed by atoms with Crippen molar-refractivity contribution in [2.24, 2.45) is 0 Å². The van der Waals surface area contributed by atoms with Crippen LogP contribution < -0.4 is 0 Å². The molecule has 13 heavy (non-hydrogen) atoms. The van der Waals surface area contributed by atoms with E-state index in [0.29, 0.717) is 5.56 Å². The van der Waals surface area contributed by atoms with E-state index in [1.54, 1.807) is 6.20 Å². The summed E-state index contributed by atoms with van der Waals surface area (Å²) in [5.74, 6) is -0.889. The van der Waals surface area contributed by atoms with Crippen molar-refractivity contribution in [2.75, 3.05) is 0 Å². The molecule has 1 aliphatic rings. The van der Waals surface area contributed by atoms with E-state index in [1.807, 2.05) is 12.2 Å². The Labute approximate surface area is 75.7 Å². The minimum atomic E-state index is -0.889. The number of aromatic nitrogens is 1. The number of rotatable bonds is 1. The van der Waals surface area contributed by atoms with Gasteiger partial charge in [0.15, 0.2) is 0 Å². The van der Waals surface area contributed by atoms with Gasteiger partial charge in [0.1, 0.15) is 0 Å². The summed E-state index contributed by atoms with van der Waals surface area (Å²) in [6, 6.07) is 0. The molecule has 2 rings (SSSR count). The first-order chi connectivity index (χ1) is 6.29. The van der Waals surface area contributed by atoms with Crippen molar-refractivity contribution in [1.82, 2.24) is 4.98 Å². The predicted molar refractivity (Wildman–Crippen MR) is 48.6 cm³/mol. The van der Waals surface area contributed by atoms with Crippen LogP contribution in [0.3, 0.4) is 0 Å². The smallest absolute Gasteiger partial charge is 0.337 e. The molecule has 1 heterocycles. The van der Waals surface area contributed by atoms with E-state index in [-0.39, 0.29) is 0 Å². The van der Waals surface area contributed by atoms with E-state index >= 15 is 0 Å². The van der Waals surface area contributed by atoms with E-state index in [9.17, 15) is 4.79 Å². The molecule has 1 N–H and O–H groups in total. The van der Waals surface area contributed by atoms with Crippen LogP contribution in [0.15, 0.2) is 18.5 Å². The summed E-state index contributed by atoms with van der Waals surface area (Å²) in [6.45, 7) is 0. The largest absolute Gasteiger partial charge is 0.478 e. The highest BCUT2D eigenvalue weighted by Crippen LogP contribution is 2.21. The zero-order chi connectivity index (χ0) is 9.26. The van der Waals surface area contributed by atoms with E-state index < -0.39 is 5.97 Å². The molecule has 0 atom stereocenters. The number of allylic oxidation sites excluding steroid dienone is 1. The predicted octanol–water partition coefficient (Wildman–Crippen LogP) is 1.74. The van der Waals surface area contributed by atoms with Crippen LogP contribution in [0.25, 0.3) is 6.08 Å². The van der Waals surface area contributed by atoms with Crippen LogP contribution in [0, 0.1) is 0 Å². The van der Waals surface area contributed by atoms with E-state index in [1.165, 1.54) is 6.20 Å². The summed E-state index contributed by atoms with van der Waals surface area (Å²) in [7, 11) is 0. The van der Waals surface area contributed by atoms with E-state index in [0.717, 1.165) is 24.0 Å². The van der Waals surface area contributed by atoms with Crippen LogP contribution in [0.1, 0.15) is 27.9 Å². The Hall–Kier alpha value is -1.64. The number of pyridine rings is 1. The molecular formula is C10H9NO2. The van der Waals surface area contributed by atoms with Gasteiger partial charge >= 0.3 is 5.97 Å². The fraction of sp³-hybridized carbons (Fsp3) is 0.200. The van der Waals surface area contributed by atoms with Crippen molar-refractivity contribution in [1.29, 1.82) is 0 Å². The molecular weight excluding hydrogens is 166 g/mol. The lowest BCUT2D eigenvalue weighted by Crippen LogP contribution is -2.07. The molecule has 0 saturated carbocycles. The van der Waals surface area contributed by atoms with Crippen molar-refractivity contribution >= 4 is 12.0 Å². The van der Waals surface area contributed by atoms with Crippen LogP contribution in [0.5, 0.6) is 0 Å². The van der Waals surface area contributed by atoms with Crippen LogP contribution in [-0.2, 0) is 6.42 Å². The number of carboxylic acid groups (broad SMARTS) is 1. The van der Waals surface area contributed by atoms with E-state index in [4.69, 9.17) is 5.11 Å². The quantitative estimate of drug-likeness (QED) is 0.707. The van der Waals surface area contributed by atoms with Crippen molar-refractivity contribution in [3.8, 4) is 0 Å². The first-order valence-corrected chi connectivity index (χ1v) is 4.16. The molecule has 0 bridgehead atoms. The summed E-state index contributed by atoms with van der Waals surface area (Å²) >= 11 is 0. The minimum absolute atomic E-state index is 0.335. The Morgan fingerprint density at radius 2 is 2.31 bits per heavy atom. The lowest BCUT2D eigenvalue weighted by atomic mass is 9.95. The molecule has 0 aromatic carbocycles. The monoisotopic (exact) mass is 175 g/mol. The van der Waals surface area contributed by atoms with Gasteiger partial charge in [0.05, 0.1) is 5.56 Å². The average Bonchev–Trinajstić information content (AvgIpc) is 2.17. The zero-order valence-corrected chi connectivity index (χ0v) is 7.03. The van der Waals surface area contributed by atoms with Crippen LogP contribution in [0.2, 0.25) is 0 Å². The van der Waals surface area contributed by atoms with Gasteiger partial charge in [-0.25, -0.2) is 4.79 Å². The number of hydrogen-bond acceptors (Lipinski definition) is 2. The first kappa shape index (κ1) is 7.98. The summed E-state index contributed by atoms with van der Waals surface area (Å²) in [4.78, 5) is 14.7. The maximum atomic E-state index is 10.8. The maximum Gasteiger partial charge on any atom is 0.337 e. The second-order valence-corrected chi connectivity index (χ2v) is 3.00. The number of carboxylic acids is 1. The Morgan fingerprint density at radius 1 is 1.46 bits per heavy atom. The molecule has 66 valence electrons. The summed E-state index contributed by atoms with van der Waals surface area (Å²) in [5.41, 5.74) is 2.18. The topological polar surface area (TPSA) is 50.2 Å². The lowest BCUT2D eigenvalue weighted by molar-refractivity contribution is 0.0695. The third-order valence-corrected chi connectivity index (χ3v) is 2.18. The summed E-state index contributed by atoms with van der Waals surface area (Å²) < 4.78 is 0. The third kappa shape index (κ3) is 1.33. The van der Waals surface area contributed by atoms with Gasteiger partial charge in [0.2, 0.25) is 0 Å². The van der Waals surface area contributed by atoms with Gasteiger partial charge in [0.25, 0.3) is 0 Å². The van der Waals surface area contributed by atoms with Gasteiger partial charge in [-0.3, -0.25) is 4.98 Å². The average molecular weight is 175 g/mol. The third-order valence-electron chi connectivity index (χ3n) is 2.18. The van der Waals surface area contributed by atoms with Gasteiger partial charge < -0.3 is 5.11 Å². The number of nitrogens with zero attached hydrogens (tertiary/aromatic N) is 1. The fourth-order valence-electron chi connectivity index (χ4n) is 1.55. The zero-order valence-electron chi connectivity index (χ0n) is 7.03. The summed E-state index contributed by atoms with van der Waals surface area (Å²) in [6.07, 6.45) is 8.80. The Bertz CT molecular complexity index is 383. The molecule has 1 aromatic heterocycles. The van der Waals surface area contributed by atoms with Gasteiger partial charge in [-0.2, -0.15) is 0 Å². The maximum absolute atomic E-state index is 10.8. The highest BCUT2D eigenvalue weighted by atomic mass is 16.4. The highest BCUT2D eigenvalue weighted by Gasteiger charge is 2.14. The molecule has 1 aromatic rings.